The van der Waals surface area contributed by atoms with Crippen molar-refractivity contribution in [3.05, 3.63) is 53.3 Å². The second-order valence-electron chi connectivity index (χ2n) is 4.15. The number of fused-ring (bicyclic) bond motifs is 1. The van der Waals surface area contributed by atoms with Gasteiger partial charge in [0.1, 0.15) is 0 Å². The third kappa shape index (κ3) is 2.19. The summed E-state index contributed by atoms with van der Waals surface area (Å²) in [6, 6.07) is 10.0. The average Bonchev–Trinajstić information content (AvgIpc) is 2.80. The van der Waals surface area contributed by atoms with E-state index in [4.69, 9.17) is 5.73 Å². The highest BCUT2D eigenvalue weighted by Crippen LogP contribution is 2.22. The summed E-state index contributed by atoms with van der Waals surface area (Å²) < 4.78 is 1.20. The fourth-order valence-corrected chi connectivity index (χ4v) is 2.87. The van der Waals surface area contributed by atoms with Gasteiger partial charge >= 0.3 is 0 Å². The third-order valence-corrected chi connectivity index (χ3v) is 3.99. The van der Waals surface area contributed by atoms with Crippen LogP contribution in [0, 0.1) is 0 Å². The van der Waals surface area contributed by atoms with E-state index in [1.165, 1.54) is 10.3 Å². The molecule has 0 unspecified atom stereocenters. The van der Waals surface area contributed by atoms with Crippen LogP contribution in [0.2, 0.25) is 0 Å². The summed E-state index contributed by atoms with van der Waals surface area (Å²) in [6.07, 6.45) is 5.47. The lowest BCUT2D eigenvalue weighted by molar-refractivity contribution is 0.951. The van der Waals surface area contributed by atoms with E-state index in [-0.39, 0.29) is 0 Å². The molecule has 0 bridgehead atoms. The summed E-state index contributed by atoms with van der Waals surface area (Å²) in [5.41, 5.74) is 8.97. The lowest BCUT2D eigenvalue weighted by Crippen LogP contribution is -1.96. The maximum atomic E-state index is 5.93. The molecule has 0 aliphatic carbocycles. The molecule has 0 spiro atoms. The first-order chi connectivity index (χ1) is 8.83. The van der Waals surface area contributed by atoms with Crippen LogP contribution in [0.5, 0.6) is 0 Å². The van der Waals surface area contributed by atoms with E-state index in [2.05, 4.69) is 16.0 Å². The number of thiazole rings is 1. The highest BCUT2D eigenvalue weighted by molar-refractivity contribution is 7.18. The molecule has 2 aromatic heterocycles. The van der Waals surface area contributed by atoms with Crippen LogP contribution in [0.25, 0.3) is 10.2 Å². The van der Waals surface area contributed by atoms with E-state index in [0.29, 0.717) is 0 Å². The minimum atomic E-state index is 0.861. The summed E-state index contributed by atoms with van der Waals surface area (Å²) in [6.45, 7) is 0. The van der Waals surface area contributed by atoms with Crippen molar-refractivity contribution < 1.29 is 0 Å². The van der Waals surface area contributed by atoms with Gasteiger partial charge in [-0.2, -0.15) is 0 Å². The maximum Gasteiger partial charge on any atom is 0.0998 e. The Balaban J connectivity index is 1.79. The fraction of sp³-hybridized carbons (Fsp3) is 0.143. The number of hydrogen-bond acceptors (Lipinski definition) is 4. The van der Waals surface area contributed by atoms with Gasteiger partial charge in [-0.1, -0.05) is 18.2 Å². The van der Waals surface area contributed by atoms with Gasteiger partial charge in [0.25, 0.3) is 0 Å². The van der Waals surface area contributed by atoms with Crippen LogP contribution >= 0.6 is 11.3 Å². The molecule has 18 heavy (non-hydrogen) atoms. The molecule has 0 fully saturated rings. The molecule has 4 heteroatoms. The van der Waals surface area contributed by atoms with Crippen molar-refractivity contribution in [2.24, 2.45) is 0 Å². The zero-order chi connectivity index (χ0) is 12.4. The number of rotatable bonds is 3. The number of anilines is 1. The lowest BCUT2D eigenvalue weighted by Gasteiger charge is -2.02. The molecule has 0 atom stereocenters. The second kappa shape index (κ2) is 4.74. The summed E-state index contributed by atoms with van der Waals surface area (Å²) in [7, 11) is 0. The normalized spacial score (nSPS) is 10.9. The molecule has 3 aromatic rings. The Hall–Kier alpha value is -1.94. The van der Waals surface area contributed by atoms with Crippen molar-refractivity contribution in [2.75, 3.05) is 5.73 Å². The molecule has 3 rings (SSSR count). The van der Waals surface area contributed by atoms with E-state index < -0.39 is 0 Å². The standard InChI is InChI=1S/C14H13N3S/c15-11-4-2-1-3-10(11)5-6-14-17-12-9-16-8-7-13(12)18-14/h1-4,7-9H,5-6,15H2. The van der Waals surface area contributed by atoms with Crippen molar-refractivity contribution in [3.63, 3.8) is 0 Å². The number of aryl methyl sites for hydroxylation is 2. The molecule has 2 N–H and O–H groups in total. The monoisotopic (exact) mass is 255 g/mol. The lowest BCUT2D eigenvalue weighted by atomic mass is 10.1. The smallest absolute Gasteiger partial charge is 0.0998 e. The van der Waals surface area contributed by atoms with E-state index >= 15 is 0 Å². The first-order valence-electron chi connectivity index (χ1n) is 5.86. The van der Waals surface area contributed by atoms with Gasteiger partial charge in [-0.15, -0.1) is 11.3 Å². The Kier molecular flexibility index (Phi) is 2.94. The van der Waals surface area contributed by atoms with Gasteiger partial charge in [-0.3, -0.25) is 4.98 Å². The molecular formula is C14H13N3S. The summed E-state index contributed by atoms with van der Waals surface area (Å²) >= 11 is 1.73. The summed E-state index contributed by atoms with van der Waals surface area (Å²) in [4.78, 5) is 8.66. The van der Waals surface area contributed by atoms with E-state index in [1.807, 2.05) is 30.5 Å². The van der Waals surface area contributed by atoms with E-state index in [0.717, 1.165) is 29.1 Å². The fourth-order valence-electron chi connectivity index (χ4n) is 1.94. The molecule has 0 amide bonds. The molecule has 90 valence electrons. The van der Waals surface area contributed by atoms with Crippen molar-refractivity contribution in [2.45, 2.75) is 12.8 Å². The minimum Gasteiger partial charge on any atom is -0.399 e. The molecule has 3 nitrogen and oxygen atoms in total. The number of pyridine rings is 1. The Morgan fingerprint density at radius 3 is 2.83 bits per heavy atom. The van der Waals surface area contributed by atoms with Crippen molar-refractivity contribution >= 4 is 27.2 Å². The predicted octanol–water partition coefficient (Wildman–Crippen LogP) is 3.06. The molecule has 1 aromatic carbocycles. The molecular weight excluding hydrogens is 242 g/mol. The zero-order valence-electron chi connectivity index (χ0n) is 9.84. The second-order valence-corrected chi connectivity index (χ2v) is 5.27. The van der Waals surface area contributed by atoms with Crippen LogP contribution in [0.3, 0.4) is 0 Å². The number of nitrogen functional groups attached to an aromatic ring is 1. The SMILES string of the molecule is Nc1ccccc1CCc1nc2cnccc2s1. The average molecular weight is 255 g/mol. The minimum absolute atomic E-state index is 0.861. The van der Waals surface area contributed by atoms with Gasteiger partial charge in [0, 0.05) is 18.3 Å². The van der Waals surface area contributed by atoms with Crippen LogP contribution in [-0.4, -0.2) is 9.97 Å². The van der Waals surface area contributed by atoms with Gasteiger partial charge in [0.15, 0.2) is 0 Å². The van der Waals surface area contributed by atoms with Crippen LogP contribution in [0.1, 0.15) is 10.6 Å². The van der Waals surface area contributed by atoms with Gasteiger partial charge < -0.3 is 5.73 Å². The molecule has 2 heterocycles. The van der Waals surface area contributed by atoms with Crippen molar-refractivity contribution in [1.82, 2.24) is 9.97 Å². The first kappa shape index (κ1) is 11.2. The van der Waals surface area contributed by atoms with Crippen molar-refractivity contribution in [3.8, 4) is 0 Å². The Morgan fingerprint density at radius 1 is 1.11 bits per heavy atom. The summed E-state index contributed by atoms with van der Waals surface area (Å²) in [5, 5.41) is 1.14. The Labute approximate surface area is 109 Å². The van der Waals surface area contributed by atoms with Gasteiger partial charge in [-0.25, -0.2) is 4.98 Å². The van der Waals surface area contributed by atoms with Gasteiger partial charge in [-0.05, 0) is 24.1 Å². The Bertz CT molecular complexity index is 642. The third-order valence-electron chi connectivity index (χ3n) is 2.90. The summed E-state index contributed by atoms with van der Waals surface area (Å²) in [5.74, 6) is 0. The molecule has 0 saturated carbocycles. The van der Waals surface area contributed by atoms with Crippen LogP contribution in [0.4, 0.5) is 5.69 Å². The zero-order valence-corrected chi connectivity index (χ0v) is 10.7. The van der Waals surface area contributed by atoms with Crippen LogP contribution < -0.4 is 5.73 Å². The van der Waals surface area contributed by atoms with E-state index in [1.54, 1.807) is 17.5 Å². The highest BCUT2D eigenvalue weighted by Gasteiger charge is 2.05. The molecule has 0 aliphatic rings. The number of nitrogens with zero attached hydrogens (tertiary/aromatic N) is 2. The molecule has 0 radical (unpaired) electrons. The van der Waals surface area contributed by atoms with E-state index in [9.17, 15) is 0 Å². The largest absolute Gasteiger partial charge is 0.399 e. The van der Waals surface area contributed by atoms with Crippen LogP contribution in [-0.2, 0) is 12.8 Å². The number of benzene rings is 1. The molecule has 0 saturated heterocycles. The Morgan fingerprint density at radius 2 is 2.00 bits per heavy atom. The highest BCUT2D eigenvalue weighted by atomic mass is 32.1. The van der Waals surface area contributed by atoms with Gasteiger partial charge in [0.2, 0.25) is 0 Å². The van der Waals surface area contributed by atoms with Crippen molar-refractivity contribution in [1.29, 1.82) is 0 Å². The maximum absolute atomic E-state index is 5.93. The predicted molar refractivity (Wildman–Crippen MR) is 75.7 cm³/mol. The van der Waals surface area contributed by atoms with Crippen LogP contribution in [0.15, 0.2) is 42.7 Å². The van der Waals surface area contributed by atoms with Gasteiger partial charge in [0.05, 0.1) is 21.4 Å². The quantitative estimate of drug-likeness (QED) is 0.732. The number of hydrogen-bond donors (Lipinski definition) is 1. The number of aromatic nitrogens is 2. The first-order valence-corrected chi connectivity index (χ1v) is 6.67. The topological polar surface area (TPSA) is 51.8 Å². The molecule has 0 aliphatic heterocycles. The number of nitrogens with two attached hydrogens (primary N) is 1. The number of para-hydroxylation sites is 1.